The van der Waals surface area contributed by atoms with E-state index < -0.39 is 11.6 Å². The second kappa shape index (κ2) is 16.2. The number of carbonyl (C=O) groups excluding carboxylic acids is 3. The third-order valence-corrected chi connectivity index (χ3v) is 7.82. The Kier molecular flexibility index (Phi) is 13.8. The summed E-state index contributed by atoms with van der Waals surface area (Å²) in [5, 5.41) is 0. The monoisotopic (exact) mass is 522 g/mol. The topological polar surface area (TPSA) is 76.2 Å². The van der Waals surface area contributed by atoms with Gasteiger partial charge in [0.05, 0.1) is 19.2 Å². The second-order valence-electron chi connectivity index (χ2n) is 12.2. The van der Waals surface area contributed by atoms with Crippen molar-refractivity contribution in [3.05, 3.63) is 0 Å². The van der Waals surface area contributed by atoms with Gasteiger partial charge in [0.15, 0.2) is 0 Å². The van der Waals surface area contributed by atoms with Crippen molar-refractivity contribution in [3.63, 3.8) is 0 Å². The number of unbranched alkanes of at least 4 members (excludes halogenated alkanes) is 12. The number of methoxy groups -OCH3 is 1. The zero-order valence-corrected chi connectivity index (χ0v) is 24.4. The molecule has 0 spiro atoms. The van der Waals surface area contributed by atoms with Crippen molar-refractivity contribution in [1.29, 1.82) is 0 Å². The van der Waals surface area contributed by atoms with E-state index >= 15 is 0 Å². The van der Waals surface area contributed by atoms with Crippen LogP contribution in [-0.4, -0.2) is 65.7 Å². The summed E-state index contributed by atoms with van der Waals surface area (Å²) in [6.45, 7) is 8.45. The molecular weight excluding hydrogens is 468 g/mol. The minimum atomic E-state index is -0.565. The van der Waals surface area contributed by atoms with E-state index in [9.17, 15) is 14.4 Å². The molecule has 7 nitrogen and oxygen atoms in total. The summed E-state index contributed by atoms with van der Waals surface area (Å²) < 4.78 is 10.5. The molecule has 2 rings (SSSR count). The first-order valence-electron chi connectivity index (χ1n) is 15.0. The van der Waals surface area contributed by atoms with Crippen LogP contribution in [0.15, 0.2) is 0 Å². The Morgan fingerprint density at radius 2 is 1.38 bits per heavy atom. The lowest BCUT2D eigenvalue weighted by Crippen LogP contribution is -2.55. The Hall–Kier alpha value is -1.79. The van der Waals surface area contributed by atoms with Crippen LogP contribution in [0.25, 0.3) is 0 Å². The smallest absolute Gasteiger partial charge is 0.410 e. The molecule has 1 saturated carbocycles. The highest BCUT2D eigenvalue weighted by Crippen LogP contribution is 2.41. The van der Waals surface area contributed by atoms with Crippen molar-refractivity contribution in [2.24, 2.45) is 5.92 Å². The number of ether oxygens (including phenoxy) is 2. The molecule has 0 radical (unpaired) electrons. The van der Waals surface area contributed by atoms with Crippen LogP contribution < -0.4 is 0 Å². The Labute approximate surface area is 226 Å². The highest BCUT2D eigenvalue weighted by atomic mass is 16.6. The Morgan fingerprint density at radius 3 is 1.86 bits per heavy atom. The van der Waals surface area contributed by atoms with Gasteiger partial charge in [-0.15, -0.1) is 0 Å². The highest BCUT2D eigenvalue weighted by Gasteiger charge is 2.51. The van der Waals surface area contributed by atoms with E-state index in [1.54, 1.807) is 9.80 Å². The van der Waals surface area contributed by atoms with E-state index in [-0.39, 0.29) is 30.6 Å². The van der Waals surface area contributed by atoms with Gasteiger partial charge in [-0.25, -0.2) is 4.79 Å². The van der Waals surface area contributed by atoms with Gasteiger partial charge >= 0.3 is 12.1 Å². The van der Waals surface area contributed by atoms with Gasteiger partial charge in [-0.2, -0.15) is 0 Å². The van der Waals surface area contributed by atoms with E-state index in [1.165, 1.54) is 71.3 Å². The van der Waals surface area contributed by atoms with Gasteiger partial charge in [0.2, 0.25) is 5.91 Å². The van der Waals surface area contributed by atoms with Crippen LogP contribution in [0.3, 0.4) is 0 Å². The van der Waals surface area contributed by atoms with Crippen molar-refractivity contribution in [2.75, 3.05) is 20.2 Å². The number of likely N-dealkylation sites (tertiary alicyclic amines) is 1. The van der Waals surface area contributed by atoms with Gasteiger partial charge in [0.1, 0.15) is 12.1 Å². The predicted octanol–water partition coefficient (Wildman–Crippen LogP) is 6.87. The number of fused-ring (bicyclic) bond motifs is 2. The quantitative estimate of drug-likeness (QED) is 0.154. The van der Waals surface area contributed by atoms with Crippen LogP contribution in [0.1, 0.15) is 130 Å². The van der Waals surface area contributed by atoms with Crippen LogP contribution in [0.4, 0.5) is 4.79 Å². The van der Waals surface area contributed by atoms with Crippen LogP contribution in [0.2, 0.25) is 0 Å². The largest absolute Gasteiger partial charge is 0.468 e. The molecule has 1 aliphatic heterocycles. The molecule has 2 fully saturated rings. The summed E-state index contributed by atoms with van der Waals surface area (Å²) in [6, 6.07) is -0.250. The van der Waals surface area contributed by atoms with Crippen LogP contribution in [0, 0.1) is 5.92 Å². The van der Waals surface area contributed by atoms with Gasteiger partial charge < -0.3 is 19.3 Å². The van der Waals surface area contributed by atoms with E-state index in [4.69, 9.17) is 9.47 Å². The Balaban J connectivity index is 1.73. The molecule has 3 unspecified atom stereocenters. The summed E-state index contributed by atoms with van der Waals surface area (Å²) in [4.78, 5) is 41.7. The molecule has 2 aliphatic rings. The number of piperidine rings is 1. The maximum absolute atomic E-state index is 13.2. The maximum Gasteiger partial charge on any atom is 0.410 e. The molecule has 1 heterocycles. The summed E-state index contributed by atoms with van der Waals surface area (Å²) in [7, 11) is 1.35. The first kappa shape index (κ1) is 31.4. The standard InChI is InChI=1S/C30H54N2O5/c1-6-7-8-9-10-11-12-13-14-15-16-17-18-19-27(33)31(23-28(34)36-5)25-20-24-21-26(25)32(22-24)29(35)37-30(2,3)4/h24-26H,6-23H2,1-5H3. The number of rotatable bonds is 17. The molecule has 0 aromatic heterocycles. The van der Waals surface area contributed by atoms with Crippen LogP contribution in [0.5, 0.6) is 0 Å². The molecular formula is C30H54N2O5. The third kappa shape index (κ3) is 11.2. The number of carbonyl (C=O) groups is 3. The predicted molar refractivity (Wildman–Crippen MR) is 147 cm³/mol. The molecule has 3 atom stereocenters. The fraction of sp³-hybridized carbons (Fsp3) is 0.900. The molecule has 0 aromatic rings. The lowest BCUT2D eigenvalue weighted by Gasteiger charge is -2.39. The summed E-state index contributed by atoms with van der Waals surface area (Å²) in [5.74, 6) is -0.0766. The van der Waals surface area contributed by atoms with Gasteiger partial charge in [0, 0.05) is 13.0 Å². The van der Waals surface area contributed by atoms with E-state index in [2.05, 4.69) is 6.92 Å². The first-order chi connectivity index (χ1) is 17.7. The van der Waals surface area contributed by atoms with Crippen molar-refractivity contribution < 1.29 is 23.9 Å². The van der Waals surface area contributed by atoms with E-state index in [0.29, 0.717) is 18.9 Å². The van der Waals surface area contributed by atoms with Crippen LogP contribution >= 0.6 is 0 Å². The number of hydrogen-bond acceptors (Lipinski definition) is 5. The Morgan fingerprint density at radius 1 is 0.838 bits per heavy atom. The summed E-state index contributed by atoms with van der Waals surface area (Å²) in [6.07, 6.45) is 18.2. The normalized spacial score (nSPS) is 20.8. The molecule has 0 N–H and O–H groups in total. The molecule has 7 heteroatoms. The summed E-state index contributed by atoms with van der Waals surface area (Å²) in [5.41, 5.74) is -0.565. The summed E-state index contributed by atoms with van der Waals surface area (Å²) >= 11 is 0. The molecule has 1 saturated heterocycles. The number of amides is 2. The average Bonchev–Trinajstić information content (AvgIpc) is 3.45. The molecule has 214 valence electrons. The SMILES string of the molecule is CCCCCCCCCCCCCCCC(=O)N(CC(=O)OC)C1CC2CC1N(C(=O)OC(C)(C)C)C2. The number of esters is 1. The lowest BCUT2D eigenvalue weighted by molar-refractivity contribution is -0.149. The van der Waals surface area contributed by atoms with Crippen molar-refractivity contribution in [3.8, 4) is 0 Å². The van der Waals surface area contributed by atoms with E-state index in [1.807, 2.05) is 20.8 Å². The third-order valence-electron chi connectivity index (χ3n) is 7.82. The minimum absolute atomic E-state index is 0.00448. The van der Waals surface area contributed by atoms with Gasteiger partial charge in [0.25, 0.3) is 0 Å². The average molecular weight is 523 g/mol. The zero-order valence-electron chi connectivity index (χ0n) is 24.4. The van der Waals surface area contributed by atoms with Crippen molar-refractivity contribution in [1.82, 2.24) is 9.80 Å². The second-order valence-corrected chi connectivity index (χ2v) is 12.2. The molecule has 1 aliphatic carbocycles. The Bertz CT molecular complexity index is 705. The fourth-order valence-corrected chi connectivity index (χ4v) is 5.89. The molecule has 2 bridgehead atoms. The van der Waals surface area contributed by atoms with Gasteiger partial charge in [-0.1, -0.05) is 84.0 Å². The molecule has 2 amide bonds. The van der Waals surface area contributed by atoms with E-state index in [0.717, 1.165) is 32.1 Å². The molecule has 0 aromatic carbocycles. The first-order valence-corrected chi connectivity index (χ1v) is 15.0. The highest BCUT2D eigenvalue weighted by molar-refractivity contribution is 5.82. The van der Waals surface area contributed by atoms with Gasteiger partial charge in [-0.05, 0) is 46.0 Å². The van der Waals surface area contributed by atoms with Crippen molar-refractivity contribution in [2.45, 2.75) is 148 Å². The zero-order chi connectivity index (χ0) is 27.3. The number of nitrogens with zero attached hydrogens (tertiary/aromatic N) is 2. The van der Waals surface area contributed by atoms with Gasteiger partial charge in [-0.3, -0.25) is 9.59 Å². The molecule has 37 heavy (non-hydrogen) atoms. The fourth-order valence-electron chi connectivity index (χ4n) is 5.89. The van der Waals surface area contributed by atoms with Crippen LogP contribution in [-0.2, 0) is 19.1 Å². The minimum Gasteiger partial charge on any atom is -0.468 e. The maximum atomic E-state index is 13.2. The number of hydrogen-bond donors (Lipinski definition) is 0. The van der Waals surface area contributed by atoms with Crippen molar-refractivity contribution >= 4 is 18.0 Å². The lowest BCUT2D eigenvalue weighted by atomic mass is 10.0.